The number of aryl methyl sites for hydroxylation is 1. The minimum Gasteiger partial charge on any atom is -0.489 e. The Labute approximate surface area is 197 Å². The molecule has 3 rings (SSSR count). The Balaban J connectivity index is 1.54. The molecule has 0 aliphatic carbocycles. The molecule has 0 aliphatic rings. The molecule has 1 unspecified atom stereocenters. The van der Waals surface area contributed by atoms with Gasteiger partial charge in [0.05, 0.1) is 6.61 Å². The van der Waals surface area contributed by atoms with Gasteiger partial charge in [-0.15, -0.1) is 0 Å². The van der Waals surface area contributed by atoms with Crippen LogP contribution in [0.2, 0.25) is 5.02 Å². The molecule has 0 saturated carbocycles. The van der Waals surface area contributed by atoms with E-state index in [4.69, 9.17) is 31.9 Å². The first-order valence-electron chi connectivity index (χ1n) is 9.97. The number of rotatable bonds is 11. The van der Waals surface area contributed by atoms with Gasteiger partial charge in [0.15, 0.2) is 0 Å². The lowest BCUT2D eigenvalue weighted by Gasteiger charge is -2.13. The molecule has 32 heavy (non-hydrogen) atoms. The normalized spacial score (nSPS) is 12.5. The number of hydrogen-bond donors (Lipinski definition) is 3. The molecule has 0 spiro atoms. The van der Waals surface area contributed by atoms with Gasteiger partial charge in [-0.2, -0.15) is 0 Å². The van der Waals surface area contributed by atoms with Gasteiger partial charge in [-0.25, -0.2) is 4.57 Å². The highest BCUT2D eigenvalue weighted by Gasteiger charge is 2.16. The third kappa shape index (κ3) is 8.60. The molecule has 0 heterocycles. The molecule has 3 aromatic rings. The topological polar surface area (TPSA) is 102 Å². The number of benzene rings is 3. The number of phosphoric acid groups is 1. The predicted molar refractivity (Wildman–Crippen MR) is 127 cm³/mol. The second-order valence-electron chi connectivity index (χ2n) is 7.19. The molecule has 9 heteroatoms. The van der Waals surface area contributed by atoms with Crippen molar-refractivity contribution in [3.63, 3.8) is 0 Å². The quantitative estimate of drug-likeness (QED) is 0.306. The number of phosphoric ester groups is 1. The monoisotopic (exact) mass is 493 g/mol. The first-order chi connectivity index (χ1) is 15.3. The van der Waals surface area contributed by atoms with E-state index in [9.17, 15) is 4.57 Å². The van der Waals surface area contributed by atoms with E-state index in [1.54, 1.807) is 11.8 Å². The number of ether oxygens (including phenoxy) is 1. The van der Waals surface area contributed by atoms with Crippen LogP contribution in [0, 0.1) is 0 Å². The zero-order valence-corrected chi connectivity index (χ0v) is 19.7. The predicted octanol–water partition coefficient (Wildman–Crippen LogP) is 5.44. The second-order valence-corrected chi connectivity index (χ2v) is 9.98. The lowest BCUT2D eigenvalue weighted by atomic mass is 10.1. The van der Waals surface area contributed by atoms with Crippen LogP contribution in [0.4, 0.5) is 0 Å². The van der Waals surface area contributed by atoms with Crippen LogP contribution >= 0.6 is 31.2 Å². The molecule has 1 atom stereocenters. The van der Waals surface area contributed by atoms with Crippen molar-refractivity contribution in [1.82, 2.24) is 0 Å². The van der Waals surface area contributed by atoms with E-state index in [2.05, 4.69) is 4.52 Å². The summed E-state index contributed by atoms with van der Waals surface area (Å²) in [5.74, 6) is 0.799. The highest BCUT2D eigenvalue weighted by atomic mass is 35.5. The molecular formula is C23H25ClNO5PS. The van der Waals surface area contributed by atoms with Crippen molar-refractivity contribution in [1.29, 1.82) is 0 Å². The Morgan fingerprint density at radius 1 is 1.00 bits per heavy atom. The van der Waals surface area contributed by atoms with Crippen LogP contribution < -0.4 is 10.5 Å². The van der Waals surface area contributed by atoms with E-state index in [1.165, 1.54) is 0 Å². The van der Waals surface area contributed by atoms with Crippen LogP contribution in [-0.4, -0.2) is 22.4 Å². The minimum absolute atomic E-state index is 0.210. The van der Waals surface area contributed by atoms with Crippen LogP contribution in [0.25, 0.3) is 0 Å². The molecule has 0 fully saturated rings. The average molecular weight is 494 g/mol. The van der Waals surface area contributed by atoms with Gasteiger partial charge in [-0.05, 0) is 54.3 Å². The molecule has 0 amide bonds. The van der Waals surface area contributed by atoms with Crippen molar-refractivity contribution in [3.05, 3.63) is 88.9 Å². The number of nitrogens with two attached hydrogens (primary N) is 1. The average Bonchev–Trinajstić information content (AvgIpc) is 2.76. The van der Waals surface area contributed by atoms with Crippen molar-refractivity contribution in [3.8, 4) is 5.75 Å². The summed E-state index contributed by atoms with van der Waals surface area (Å²) < 4.78 is 21.1. The Bertz CT molecular complexity index is 1060. The molecule has 0 radical (unpaired) electrons. The fourth-order valence-corrected chi connectivity index (χ4v) is 4.55. The van der Waals surface area contributed by atoms with Gasteiger partial charge in [0.1, 0.15) is 12.4 Å². The lowest BCUT2D eigenvalue weighted by Crippen LogP contribution is -2.26. The molecule has 0 aromatic heterocycles. The molecular weight excluding hydrogens is 469 g/mol. The van der Waals surface area contributed by atoms with Gasteiger partial charge in [-0.3, -0.25) is 4.52 Å². The van der Waals surface area contributed by atoms with Gasteiger partial charge in [0.2, 0.25) is 0 Å². The first-order valence-corrected chi connectivity index (χ1v) is 12.7. The number of halogens is 1. The summed E-state index contributed by atoms with van der Waals surface area (Å²) in [5.41, 5.74) is 7.89. The maximum absolute atomic E-state index is 10.8. The van der Waals surface area contributed by atoms with Crippen LogP contribution in [-0.2, 0) is 22.1 Å². The third-order valence-electron chi connectivity index (χ3n) is 4.56. The Morgan fingerprint density at radius 2 is 1.75 bits per heavy atom. The van der Waals surface area contributed by atoms with Crippen molar-refractivity contribution < 1.29 is 23.6 Å². The Morgan fingerprint density at radius 3 is 2.47 bits per heavy atom. The maximum atomic E-state index is 10.8. The van der Waals surface area contributed by atoms with Crippen LogP contribution in [0.1, 0.15) is 17.5 Å². The standard InChI is InChI=1S/C23H25ClNO5PS/c24-23-14-22(12-10-18(23)9-11-19(25)16-30-31(26,27)28)32-21-8-4-7-20(13-21)29-15-17-5-2-1-3-6-17/h1-8,10,12-14,19H,9,11,15-16,25H2,(H2,26,27,28). The smallest absolute Gasteiger partial charge is 0.469 e. The van der Waals surface area contributed by atoms with Crippen LogP contribution in [0.5, 0.6) is 5.75 Å². The zero-order chi connectivity index (χ0) is 23.0. The van der Waals surface area contributed by atoms with Crippen LogP contribution in [0.3, 0.4) is 0 Å². The highest BCUT2D eigenvalue weighted by Crippen LogP contribution is 2.36. The summed E-state index contributed by atoms with van der Waals surface area (Å²) in [6.45, 7) is 0.301. The summed E-state index contributed by atoms with van der Waals surface area (Å²) in [6.07, 6.45) is 1.07. The molecule has 170 valence electrons. The number of hydrogen-bond acceptors (Lipinski definition) is 5. The highest BCUT2D eigenvalue weighted by molar-refractivity contribution is 7.99. The fourth-order valence-electron chi connectivity index (χ4n) is 2.92. The Hall–Kier alpha value is -1.83. The molecule has 6 nitrogen and oxygen atoms in total. The van der Waals surface area contributed by atoms with Crippen molar-refractivity contribution in [2.75, 3.05) is 6.61 Å². The summed E-state index contributed by atoms with van der Waals surface area (Å²) in [4.78, 5) is 19.5. The van der Waals surface area contributed by atoms with E-state index in [-0.39, 0.29) is 6.61 Å². The zero-order valence-electron chi connectivity index (χ0n) is 17.3. The van der Waals surface area contributed by atoms with E-state index in [0.29, 0.717) is 24.5 Å². The molecule has 0 saturated heterocycles. The van der Waals surface area contributed by atoms with Crippen molar-refractivity contribution in [2.24, 2.45) is 5.73 Å². The van der Waals surface area contributed by atoms with Crippen molar-refractivity contribution >= 4 is 31.2 Å². The van der Waals surface area contributed by atoms with E-state index in [1.807, 2.05) is 72.8 Å². The lowest BCUT2D eigenvalue weighted by molar-refractivity contribution is 0.184. The summed E-state index contributed by atoms with van der Waals surface area (Å²) in [5, 5.41) is 0.620. The van der Waals surface area contributed by atoms with Gasteiger partial charge >= 0.3 is 7.82 Å². The second kappa shape index (κ2) is 11.9. The Kier molecular flexibility index (Phi) is 9.20. The van der Waals surface area contributed by atoms with Crippen LogP contribution in [0.15, 0.2) is 82.6 Å². The largest absolute Gasteiger partial charge is 0.489 e. The minimum atomic E-state index is -4.51. The molecule has 4 N–H and O–H groups in total. The third-order valence-corrected chi connectivity index (χ3v) is 6.37. The summed E-state index contributed by atoms with van der Waals surface area (Å²) >= 11 is 8.03. The molecule has 0 aliphatic heterocycles. The summed E-state index contributed by atoms with van der Waals surface area (Å²) in [6, 6.07) is 23.2. The van der Waals surface area contributed by atoms with Gasteiger partial charge < -0.3 is 20.3 Å². The summed E-state index contributed by atoms with van der Waals surface area (Å²) in [7, 11) is -4.51. The van der Waals surface area contributed by atoms with E-state index < -0.39 is 13.9 Å². The maximum Gasteiger partial charge on any atom is 0.469 e. The first kappa shape index (κ1) is 24.8. The van der Waals surface area contributed by atoms with E-state index in [0.717, 1.165) is 26.7 Å². The fraction of sp³-hybridized carbons (Fsp3) is 0.217. The van der Waals surface area contributed by atoms with Crippen molar-refractivity contribution in [2.45, 2.75) is 35.3 Å². The molecule has 0 bridgehead atoms. The van der Waals surface area contributed by atoms with E-state index >= 15 is 0 Å². The van der Waals surface area contributed by atoms with Gasteiger partial charge in [0.25, 0.3) is 0 Å². The molecule has 3 aromatic carbocycles. The SMILES string of the molecule is NC(CCc1ccc(Sc2cccc(OCc3ccccc3)c2)cc1Cl)COP(=O)(O)O. The van der Waals surface area contributed by atoms with Gasteiger partial charge in [0, 0.05) is 20.9 Å². The van der Waals surface area contributed by atoms with Gasteiger partial charge in [-0.1, -0.05) is 65.8 Å².